The number of anilines is 1. The summed E-state index contributed by atoms with van der Waals surface area (Å²) in [6.07, 6.45) is 8.79. The first-order valence-electron chi connectivity index (χ1n) is 6.98. The molecule has 1 aromatic heterocycles. The summed E-state index contributed by atoms with van der Waals surface area (Å²) in [6.45, 7) is 0. The third kappa shape index (κ3) is 1.70. The Morgan fingerprint density at radius 2 is 1.76 bits per heavy atom. The number of rotatable bonds is 2. The summed E-state index contributed by atoms with van der Waals surface area (Å²) >= 11 is 1.60. The maximum atomic E-state index is 5.74. The third-order valence-corrected chi connectivity index (χ3v) is 6.16. The van der Waals surface area contributed by atoms with Gasteiger partial charge >= 0.3 is 0 Å². The summed E-state index contributed by atoms with van der Waals surface area (Å²) in [5, 5.41) is 2.91. The first kappa shape index (κ1) is 10.4. The Morgan fingerprint density at radius 3 is 2.29 bits per heavy atom. The van der Waals surface area contributed by atoms with Crippen molar-refractivity contribution in [3.63, 3.8) is 0 Å². The van der Waals surface area contributed by atoms with E-state index in [9.17, 15) is 0 Å². The van der Waals surface area contributed by atoms with E-state index in [0.29, 0.717) is 0 Å². The van der Waals surface area contributed by atoms with Crippen LogP contribution in [0.4, 0.5) is 5.13 Å². The van der Waals surface area contributed by atoms with E-state index in [2.05, 4.69) is 10.4 Å². The fourth-order valence-electron chi connectivity index (χ4n) is 5.03. The van der Waals surface area contributed by atoms with Crippen LogP contribution < -0.4 is 5.73 Å². The van der Waals surface area contributed by atoms with Crippen LogP contribution >= 0.6 is 11.3 Å². The van der Waals surface area contributed by atoms with Gasteiger partial charge in [0.15, 0.2) is 5.13 Å². The molecule has 0 unspecified atom stereocenters. The van der Waals surface area contributed by atoms with E-state index < -0.39 is 0 Å². The van der Waals surface area contributed by atoms with E-state index in [0.717, 1.165) is 34.7 Å². The predicted molar refractivity (Wildman–Crippen MR) is 70.8 cm³/mol. The molecule has 0 saturated heterocycles. The minimum atomic E-state index is 0.740. The highest BCUT2D eigenvalue weighted by Gasteiger charge is 2.47. The van der Waals surface area contributed by atoms with E-state index in [-0.39, 0.29) is 0 Å². The molecule has 92 valence electrons. The van der Waals surface area contributed by atoms with Crippen LogP contribution in [0.1, 0.15) is 37.8 Å². The fourth-order valence-corrected chi connectivity index (χ4v) is 5.60. The second-order valence-corrected chi connectivity index (χ2v) is 7.37. The Bertz CT molecular complexity index is 398. The van der Waals surface area contributed by atoms with Crippen LogP contribution in [0.2, 0.25) is 0 Å². The van der Waals surface area contributed by atoms with Crippen molar-refractivity contribution >= 4 is 16.5 Å². The van der Waals surface area contributed by atoms with E-state index in [1.165, 1.54) is 37.8 Å². The molecule has 0 aliphatic heterocycles. The maximum absolute atomic E-state index is 5.74. The number of nitrogens with zero attached hydrogens (tertiary/aromatic N) is 1. The van der Waals surface area contributed by atoms with E-state index in [1.54, 1.807) is 17.8 Å². The highest BCUT2D eigenvalue weighted by molar-refractivity contribution is 7.13. The van der Waals surface area contributed by atoms with Gasteiger partial charge in [0.25, 0.3) is 0 Å². The molecule has 1 aromatic rings. The number of thiazole rings is 1. The van der Waals surface area contributed by atoms with Gasteiger partial charge in [-0.1, -0.05) is 0 Å². The van der Waals surface area contributed by atoms with Crippen molar-refractivity contribution in [2.45, 2.75) is 38.5 Å². The van der Waals surface area contributed by atoms with Gasteiger partial charge in [0.1, 0.15) is 0 Å². The van der Waals surface area contributed by atoms with Crippen LogP contribution in [0.3, 0.4) is 0 Å². The largest absolute Gasteiger partial charge is 0.375 e. The van der Waals surface area contributed by atoms with Gasteiger partial charge < -0.3 is 5.73 Å². The van der Waals surface area contributed by atoms with Crippen molar-refractivity contribution in [2.75, 3.05) is 5.73 Å². The average molecular weight is 248 g/mol. The summed E-state index contributed by atoms with van der Waals surface area (Å²) in [5.74, 6) is 5.09. The molecule has 4 bridgehead atoms. The molecule has 0 radical (unpaired) electrons. The van der Waals surface area contributed by atoms with Crippen LogP contribution in [-0.2, 0) is 6.42 Å². The Kier molecular flexibility index (Phi) is 2.26. The normalized spacial score (nSPS) is 43.2. The SMILES string of the molecule is Nc1nc(CC2C3CC4CC(C3)CC2C4)cs1. The third-order valence-electron chi connectivity index (χ3n) is 5.44. The molecule has 0 amide bonds. The van der Waals surface area contributed by atoms with E-state index in [4.69, 9.17) is 5.73 Å². The van der Waals surface area contributed by atoms with Crippen molar-refractivity contribution < 1.29 is 0 Å². The zero-order valence-corrected chi connectivity index (χ0v) is 11.0. The van der Waals surface area contributed by atoms with Gasteiger partial charge in [-0.05, 0) is 68.1 Å². The first-order valence-corrected chi connectivity index (χ1v) is 7.85. The Labute approximate surface area is 107 Å². The minimum absolute atomic E-state index is 0.740. The van der Waals surface area contributed by atoms with Gasteiger partial charge in [0, 0.05) is 5.38 Å². The summed E-state index contributed by atoms with van der Waals surface area (Å²) < 4.78 is 0. The molecule has 4 fully saturated rings. The second kappa shape index (κ2) is 3.71. The molecule has 0 aromatic carbocycles. The van der Waals surface area contributed by atoms with Crippen LogP contribution in [0.15, 0.2) is 5.38 Å². The zero-order valence-electron chi connectivity index (χ0n) is 10.1. The van der Waals surface area contributed by atoms with Gasteiger partial charge in [0.05, 0.1) is 5.69 Å². The van der Waals surface area contributed by atoms with E-state index in [1.807, 2.05) is 0 Å². The van der Waals surface area contributed by atoms with Gasteiger partial charge in [-0.15, -0.1) is 11.3 Å². The number of hydrogen-bond donors (Lipinski definition) is 1. The van der Waals surface area contributed by atoms with Crippen LogP contribution in [0, 0.1) is 29.6 Å². The molecule has 2 N–H and O–H groups in total. The molecule has 4 saturated carbocycles. The predicted octanol–water partition coefficient (Wildman–Crippen LogP) is 3.34. The van der Waals surface area contributed by atoms with Crippen LogP contribution in [0.25, 0.3) is 0 Å². The topological polar surface area (TPSA) is 38.9 Å². The molecule has 17 heavy (non-hydrogen) atoms. The molecule has 0 atom stereocenters. The Hall–Kier alpha value is -0.570. The number of hydrogen-bond acceptors (Lipinski definition) is 3. The van der Waals surface area contributed by atoms with Crippen LogP contribution in [0.5, 0.6) is 0 Å². The summed E-state index contributed by atoms with van der Waals surface area (Å²) in [6, 6.07) is 0. The van der Waals surface area contributed by atoms with Gasteiger partial charge in [-0.2, -0.15) is 0 Å². The smallest absolute Gasteiger partial charge is 0.180 e. The molecule has 0 spiro atoms. The van der Waals surface area contributed by atoms with Crippen molar-refractivity contribution in [3.05, 3.63) is 11.1 Å². The zero-order chi connectivity index (χ0) is 11.4. The number of aromatic nitrogens is 1. The molecule has 4 aliphatic carbocycles. The minimum Gasteiger partial charge on any atom is -0.375 e. The number of nitrogen functional groups attached to an aromatic ring is 1. The van der Waals surface area contributed by atoms with Gasteiger partial charge in [0.2, 0.25) is 0 Å². The lowest BCUT2D eigenvalue weighted by molar-refractivity contribution is -0.0362. The van der Waals surface area contributed by atoms with E-state index >= 15 is 0 Å². The average Bonchev–Trinajstić information content (AvgIpc) is 2.68. The summed E-state index contributed by atoms with van der Waals surface area (Å²) in [5.41, 5.74) is 6.99. The molecular weight excluding hydrogens is 228 g/mol. The molecule has 4 aliphatic rings. The van der Waals surface area contributed by atoms with Crippen molar-refractivity contribution in [1.29, 1.82) is 0 Å². The maximum Gasteiger partial charge on any atom is 0.180 e. The van der Waals surface area contributed by atoms with Crippen molar-refractivity contribution in [3.8, 4) is 0 Å². The molecule has 2 nitrogen and oxygen atoms in total. The van der Waals surface area contributed by atoms with Crippen molar-refractivity contribution in [2.24, 2.45) is 29.6 Å². The molecular formula is C14H20N2S. The second-order valence-electron chi connectivity index (χ2n) is 6.48. The summed E-state index contributed by atoms with van der Waals surface area (Å²) in [7, 11) is 0. The highest BCUT2D eigenvalue weighted by Crippen LogP contribution is 2.57. The first-order chi connectivity index (χ1) is 8.28. The number of nitrogens with two attached hydrogens (primary N) is 1. The highest BCUT2D eigenvalue weighted by atomic mass is 32.1. The van der Waals surface area contributed by atoms with Crippen LogP contribution in [-0.4, -0.2) is 4.98 Å². The van der Waals surface area contributed by atoms with Gasteiger partial charge in [-0.3, -0.25) is 0 Å². The molecule has 5 rings (SSSR count). The summed E-state index contributed by atoms with van der Waals surface area (Å²) in [4.78, 5) is 4.46. The Balaban J connectivity index is 1.54. The molecule has 1 heterocycles. The molecule has 3 heteroatoms. The standard InChI is InChI=1S/C14H20N2S/c15-14-16-12(7-17-14)6-13-10-2-8-1-9(4-10)5-11(13)3-8/h7-11,13H,1-6H2,(H2,15,16). The van der Waals surface area contributed by atoms with Crippen molar-refractivity contribution in [1.82, 2.24) is 4.98 Å². The monoisotopic (exact) mass is 248 g/mol. The lowest BCUT2D eigenvalue weighted by atomic mass is 9.51. The lowest BCUT2D eigenvalue weighted by Crippen LogP contribution is -2.45. The Morgan fingerprint density at radius 1 is 1.12 bits per heavy atom. The lowest BCUT2D eigenvalue weighted by Gasteiger charge is -2.54. The van der Waals surface area contributed by atoms with Gasteiger partial charge in [-0.25, -0.2) is 4.98 Å². The fraction of sp³-hybridized carbons (Fsp3) is 0.786. The quantitative estimate of drug-likeness (QED) is 0.872.